The molecule has 0 saturated carbocycles. The van der Waals surface area contributed by atoms with Crippen molar-refractivity contribution in [2.24, 2.45) is 0 Å². The van der Waals surface area contributed by atoms with Gasteiger partial charge in [0.25, 0.3) is 0 Å². The maximum Gasteiger partial charge on any atom is 0.0406 e. The van der Waals surface area contributed by atoms with Gasteiger partial charge in [-0.05, 0) is 31.0 Å². The fraction of sp³-hybridized carbons (Fsp3) is 0.333. The first-order valence-corrected chi connectivity index (χ1v) is 5.19. The summed E-state index contributed by atoms with van der Waals surface area (Å²) < 4.78 is 0. The van der Waals surface area contributed by atoms with Gasteiger partial charge in [-0.15, -0.1) is 6.58 Å². The highest BCUT2D eigenvalue weighted by Crippen LogP contribution is 2.09. The highest BCUT2D eigenvalue weighted by atomic mass is 35.5. The zero-order valence-electron chi connectivity index (χ0n) is 8.46. The average molecular weight is 210 g/mol. The molecule has 76 valence electrons. The Kier molecular flexibility index (Phi) is 4.71. The van der Waals surface area contributed by atoms with E-state index in [2.05, 4.69) is 18.8 Å². The van der Waals surface area contributed by atoms with Crippen LogP contribution in [0.4, 0.5) is 0 Å². The van der Waals surface area contributed by atoms with E-state index in [1.54, 1.807) is 0 Å². The minimum Gasteiger partial charge on any atom is -0.310 e. The Morgan fingerprint density at radius 1 is 1.43 bits per heavy atom. The second kappa shape index (κ2) is 5.84. The second-order valence-electron chi connectivity index (χ2n) is 3.43. The first-order chi connectivity index (χ1) is 6.72. The fourth-order valence-corrected chi connectivity index (χ4v) is 1.35. The molecule has 0 aliphatic carbocycles. The van der Waals surface area contributed by atoms with E-state index < -0.39 is 0 Å². The Morgan fingerprint density at radius 3 is 2.64 bits per heavy atom. The van der Waals surface area contributed by atoms with Gasteiger partial charge in [-0.2, -0.15) is 0 Å². The molecular formula is C12H16ClN. The molecule has 1 atom stereocenters. The lowest BCUT2D eigenvalue weighted by molar-refractivity contribution is 0.554. The van der Waals surface area contributed by atoms with Crippen molar-refractivity contribution in [3.05, 3.63) is 47.5 Å². The number of halogens is 1. The third kappa shape index (κ3) is 3.95. The van der Waals surface area contributed by atoms with Crippen molar-refractivity contribution in [2.75, 3.05) is 0 Å². The summed E-state index contributed by atoms with van der Waals surface area (Å²) in [5.74, 6) is 0. The van der Waals surface area contributed by atoms with E-state index in [1.807, 2.05) is 30.3 Å². The third-order valence-electron chi connectivity index (χ3n) is 2.09. The van der Waals surface area contributed by atoms with Crippen LogP contribution in [0.3, 0.4) is 0 Å². The molecule has 14 heavy (non-hydrogen) atoms. The second-order valence-corrected chi connectivity index (χ2v) is 3.87. The SMILES string of the molecule is C=CCC(C)NCc1ccc(Cl)cc1. The minimum absolute atomic E-state index is 0.475. The van der Waals surface area contributed by atoms with Crippen molar-refractivity contribution >= 4 is 11.6 Å². The predicted octanol–water partition coefficient (Wildman–Crippen LogP) is 3.39. The van der Waals surface area contributed by atoms with Gasteiger partial charge in [0, 0.05) is 17.6 Å². The van der Waals surface area contributed by atoms with E-state index in [1.165, 1.54) is 5.56 Å². The topological polar surface area (TPSA) is 12.0 Å². The summed E-state index contributed by atoms with van der Waals surface area (Å²) in [4.78, 5) is 0. The average Bonchev–Trinajstić information content (AvgIpc) is 2.17. The van der Waals surface area contributed by atoms with Crippen LogP contribution in [-0.4, -0.2) is 6.04 Å². The summed E-state index contributed by atoms with van der Waals surface area (Å²) in [5, 5.41) is 4.19. The van der Waals surface area contributed by atoms with Crippen LogP contribution in [-0.2, 0) is 6.54 Å². The number of nitrogens with one attached hydrogen (secondary N) is 1. The van der Waals surface area contributed by atoms with Crippen LogP contribution >= 0.6 is 11.6 Å². The lowest BCUT2D eigenvalue weighted by Crippen LogP contribution is -2.24. The van der Waals surface area contributed by atoms with Gasteiger partial charge in [0.15, 0.2) is 0 Å². The highest BCUT2D eigenvalue weighted by Gasteiger charge is 1.98. The minimum atomic E-state index is 0.475. The number of rotatable bonds is 5. The van der Waals surface area contributed by atoms with Gasteiger partial charge in [0.05, 0.1) is 0 Å². The molecule has 0 aromatic heterocycles. The molecule has 1 unspecified atom stereocenters. The van der Waals surface area contributed by atoms with E-state index >= 15 is 0 Å². The summed E-state index contributed by atoms with van der Waals surface area (Å²) in [7, 11) is 0. The summed E-state index contributed by atoms with van der Waals surface area (Å²) in [6.07, 6.45) is 2.92. The van der Waals surface area contributed by atoms with E-state index in [4.69, 9.17) is 11.6 Å². The van der Waals surface area contributed by atoms with Gasteiger partial charge in [0.2, 0.25) is 0 Å². The lowest BCUT2D eigenvalue weighted by Gasteiger charge is -2.11. The van der Waals surface area contributed by atoms with Gasteiger partial charge >= 0.3 is 0 Å². The van der Waals surface area contributed by atoms with Crippen LogP contribution in [0.1, 0.15) is 18.9 Å². The van der Waals surface area contributed by atoms with Gasteiger partial charge in [-0.1, -0.05) is 29.8 Å². The predicted molar refractivity (Wildman–Crippen MR) is 62.6 cm³/mol. The van der Waals surface area contributed by atoms with Crippen molar-refractivity contribution in [3.63, 3.8) is 0 Å². The molecule has 0 bridgehead atoms. The molecule has 0 saturated heterocycles. The summed E-state index contributed by atoms with van der Waals surface area (Å²) in [6.45, 7) is 6.74. The molecule has 0 aliphatic rings. The lowest BCUT2D eigenvalue weighted by atomic mass is 10.2. The van der Waals surface area contributed by atoms with E-state index in [0.29, 0.717) is 6.04 Å². The van der Waals surface area contributed by atoms with Crippen LogP contribution < -0.4 is 5.32 Å². The quantitative estimate of drug-likeness (QED) is 0.734. The van der Waals surface area contributed by atoms with Crippen molar-refractivity contribution in [3.8, 4) is 0 Å². The Balaban J connectivity index is 2.37. The van der Waals surface area contributed by atoms with Gasteiger partial charge in [-0.25, -0.2) is 0 Å². The summed E-state index contributed by atoms with van der Waals surface area (Å²) in [5.41, 5.74) is 1.25. The van der Waals surface area contributed by atoms with Crippen molar-refractivity contribution in [2.45, 2.75) is 25.9 Å². The molecule has 1 rings (SSSR count). The Bertz CT molecular complexity index is 279. The number of hydrogen-bond acceptors (Lipinski definition) is 1. The maximum atomic E-state index is 5.79. The van der Waals surface area contributed by atoms with Crippen LogP contribution in [0.25, 0.3) is 0 Å². The Morgan fingerprint density at radius 2 is 2.07 bits per heavy atom. The maximum absolute atomic E-state index is 5.79. The molecule has 0 fully saturated rings. The largest absolute Gasteiger partial charge is 0.310 e. The van der Waals surface area contributed by atoms with E-state index in [0.717, 1.165) is 18.0 Å². The van der Waals surface area contributed by atoms with Gasteiger partial charge < -0.3 is 5.32 Å². The smallest absolute Gasteiger partial charge is 0.0406 e. The monoisotopic (exact) mass is 209 g/mol. The zero-order chi connectivity index (χ0) is 10.4. The first kappa shape index (κ1) is 11.3. The highest BCUT2D eigenvalue weighted by molar-refractivity contribution is 6.30. The van der Waals surface area contributed by atoms with Gasteiger partial charge in [-0.3, -0.25) is 0 Å². The molecule has 0 spiro atoms. The van der Waals surface area contributed by atoms with Crippen molar-refractivity contribution < 1.29 is 0 Å². The fourth-order valence-electron chi connectivity index (χ4n) is 1.23. The molecule has 0 radical (unpaired) electrons. The van der Waals surface area contributed by atoms with Crippen LogP contribution in [0.15, 0.2) is 36.9 Å². The zero-order valence-corrected chi connectivity index (χ0v) is 9.22. The van der Waals surface area contributed by atoms with E-state index in [-0.39, 0.29) is 0 Å². The molecule has 0 heterocycles. The van der Waals surface area contributed by atoms with Crippen LogP contribution in [0, 0.1) is 0 Å². The molecule has 2 heteroatoms. The molecule has 1 N–H and O–H groups in total. The normalized spacial score (nSPS) is 12.4. The summed E-state index contributed by atoms with van der Waals surface area (Å²) in [6, 6.07) is 8.38. The molecule has 1 nitrogen and oxygen atoms in total. The third-order valence-corrected chi connectivity index (χ3v) is 2.34. The molecule has 1 aromatic rings. The molecule has 0 aliphatic heterocycles. The molecular weight excluding hydrogens is 194 g/mol. The van der Waals surface area contributed by atoms with Gasteiger partial charge in [0.1, 0.15) is 0 Å². The number of hydrogen-bond donors (Lipinski definition) is 1. The van der Waals surface area contributed by atoms with Crippen molar-refractivity contribution in [1.82, 2.24) is 5.32 Å². The Hall–Kier alpha value is -0.790. The standard InChI is InChI=1S/C12H16ClN/c1-3-4-10(2)14-9-11-5-7-12(13)8-6-11/h3,5-8,10,14H,1,4,9H2,2H3. The summed E-state index contributed by atoms with van der Waals surface area (Å²) >= 11 is 5.79. The number of benzene rings is 1. The first-order valence-electron chi connectivity index (χ1n) is 4.81. The molecule has 0 amide bonds. The van der Waals surface area contributed by atoms with E-state index in [9.17, 15) is 0 Å². The Labute approximate surface area is 90.8 Å². The van der Waals surface area contributed by atoms with Crippen LogP contribution in [0.5, 0.6) is 0 Å². The van der Waals surface area contributed by atoms with Crippen LogP contribution in [0.2, 0.25) is 5.02 Å². The van der Waals surface area contributed by atoms with Crippen molar-refractivity contribution in [1.29, 1.82) is 0 Å². The molecule has 1 aromatic carbocycles.